The Morgan fingerprint density at radius 2 is 2.00 bits per heavy atom. The summed E-state index contributed by atoms with van der Waals surface area (Å²) in [5.74, 6) is -0.787. The van der Waals surface area contributed by atoms with Crippen LogP contribution in [0.4, 0.5) is 4.79 Å². The maximum atomic E-state index is 12.4. The molecule has 1 amide bonds. The quantitative estimate of drug-likeness (QED) is 0.899. The van der Waals surface area contributed by atoms with Gasteiger partial charge in [-0.25, -0.2) is 9.59 Å². The number of ether oxygens (including phenoxy) is 1. The normalized spacial score (nSPS) is 22.0. The first-order valence-corrected chi connectivity index (χ1v) is 7.77. The van der Waals surface area contributed by atoms with E-state index in [0.717, 1.165) is 5.56 Å². The highest BCUT2D eigenvalue weighted by Gasteiger charge is 2.43. The summed E-state index contributed by atoms with van der Waals surface area (Å²) in [5.41, 5.74) is 0.784. The third-order valence-corrected chi connectivity index (χ3v) is 3.97. The number of carbonyl (C=O) groups excluding carboxylic acids is 1. The van der Waals surface area contributed by atoms with Crippen LogP contribution in [0.25, 0.3) is 0 Å². The fraction of sp³-hybridized carbons (Fsp3) is 0.688. The maximum Gasteiger partial charge on any atom is 0.411 e. The van der Waals surface area contributed by atoms with E-state index in [2.05, 4.69) is 5.16 Å². The highest BCUT2D eigenvalue weighted by molar-refractivity contribution is 5.81. The zero-order valence-electron chi connectivity index (χ0n) is 14.3. The van der Waals surface area contributed by atoms with Gasteiger partial charge in [0.25, 0.3) is 0 Å². The Morgan fingerprint density at radius 3 is 2.48 bits per heavy atom. The zero-order valence-corrected chi connectivity index (χ0v) is 14.3. The van der Waals surface area contributed by atoms with E-state index in [4.69, 9.17) is 9.26 Å². The molecule has 2 heterocycles. The zero-order chi connectivity index (χ0) is 17.4. The number of hydrogen-bond acceptors (Lipinski definition) is 5. The van der Waals surface area contributed by atoms with Crippen LogP contribution in [0.3, 0.4) is 0 Å². The molecule has 1 aliphatic rings. The molecule has 0 bridgehead atoms. The van der Waals surface area contributed by atoms with E-state index < -0.39 is 23.7 Å². The van der Waals surface area contributed by atoms with Crippen LogP contribution >= 0.6 is 0 Å². The van der Waals surface area contributed by atoms with E-state index in [1.165, 1.54) is 4.90 Å². The summed E-state index contributed by atoms with van der Waals surface area (Å²) in [6.45, 7) is 9.20. The summed E-state index contributed by atoms with van der Waals surface area (Å²) >= 11 is 0. The largest absolute Gasteiger partial charge is 0.480 e. The van der Waals surface area contributed by atoms with Gasteiger partial charge in [-0.2, -0.15) is 0 Å². The summed E-state index contributed by atoms with van der Waals surface area (Å²) in [6, 6.07) is -0.976. The Balaban J connectivity index is 2.34. The summed E-state index contributed by atoms with van der Waals surface area (Å²) in [7, 11) is 0. The first-order valence-electron chi connectivity index (χ1n) is 7.77. The van der Waals surface area contributed by atoms with Crippen molar-refractivity contribution in [1.82, 2.24) is 10.1 Å². The second kappa shape index (κ2) is 6.22. The molecule has 1 N–H and O–H groups in total. The second-order valence-electron chi connectivity index (χ2n) is 6.94. The average Bonchev–Trinajstić information content (AvgIpc) is 2.75. The van der Waals surface area contributed by atoms with Crippen LogP contribution in [0.2, 0.25) is 0 Å². The van der Waals surface area contributed by atoms with Gasteiger partial charge in [0.2, 0.25) is 0 Å². The molecule has 2 atom stereocenters. The summed E-state index contributed by atoms with van der Waals surface area (Å²) < 4.78 is 10.5. The van der Waals surface area contributed by atoms with E-state index in [9.17, 15) is 14.7 Å². The van der Waals surface area contributed by atoms with Gasteiger partial charge in [0.05, 0.1) is 5.69 Å². The van der Waals surface area contributed by atoms with Gasteiger partial charge in [0.1, 0.15) is 17.4 Å². The van der Waals surface area contributed by atoms with E-state index in [1.807, 2.05) is 0 Å². The van der Waals surface area contributed by atoms with Gasteiger partial charge in [-0.15, -0.1) is 0 Å². The van der Waals surface area contributed by atoms with Gasteiger partial charge in [-0.3, -0.25) is 4.90 Å². The number of nitrogens with zero attached hydrogens (tertiary/aromatic N) is 2. The predicted molar refractivity (Wildman–Crippen MR) is 82.3 cm³/mol. The number of aryl methyl sites for hydroxylation is 2. The number of carboxylic acid groups (broad SMARTS) is 1. The predicted octanol–water partition coefficient (Wildman–Crippen LogP) is 2.86. The fourth-order valence-corrected chi connectivity index (χ4v) is 3.15. The molecule has 7 heteroatoms. The third kappa shape index (κ3) is 3.65. The number of piperidine rings is 1. The smallest absolute Gasteiger partial charge is 0.411 e. The topological polar surface area (TPSA) is 92.9 Å². The summed E-state index contributed by atoms with van der Waals surface area (Å²) in [5, 5.41) is 13.6. The van der Waals surface area contributed by atoms with Crippen LogP contribution in [0, 0.1) is 13.8 Å². The van der Waals surface area contributed by atoms with Crippen molar-refractivity contribution in [1.29, 1.82) is 0 Å². The Labute approximate surface area is 135 Å². The van der Waals surface area contributed by atoms with Crippen LogP contribution in [0.15, 0.2) is 4.52 Å². The molecule has 1 aromatic rings. The van der Waals surface area contributed by atoms with Gasteiger partial charge in [-0.1, -0.05) is 5.16 Å². The van der Waals surface area contributed by atoms with Gasteiger partial charge in [0.15, 0.2) is 0 Å². The molecule has 1 saturated heterocycles. The van der Waals surface area contributed by atoms with E-state index in [1.54, 1.807) is 34.6 Å². The maximum absolute atomic E-state index is 12.4. The lowest BCUT2D eigenvalue weighted by Crippen LogP contribution is -2.53. The number of hydrogen-bond donors (Lipinski definition) is 1. The molecule has 128 valence electrons. The molecule has 1 aliphatic heterocycles. The molecular formula is C16H24N2O5. The molecular weight excluding hydrogens is 300 g/mol. The van der Waals surface area contributed by atoms with E-state index in [-0.39, 0.29) is 5.92 Å². The van der Waals surface area contributed by atoms with Crippen molar-refractivity contribution >= 4 is 12.1 Å². The van der Waals surface area contributed by atoms with Crippen LogP contribution < -0.4 is 0 Å². The average molecular weight is 324 g/mol. The lowest BCUT2D eigenvalue weighted by molar-refractivity contribution is -0.145. The monoisotopic (exact) mass is 324 g/mol. The number of carboxylic acids is 1. The lowest BCUT2D eigenvalue weighted by Gasteiger charge is -2.39. The summed E-state index contributed by atoms with van der Waals surface area (Å²) in [6.07, 6.45) is 0.776. The number of aromatic nitrogens is 1. The van der Waals surface area contributed by atoms with Crippen LogP contribution in [0.5, 0.6) is 0 Å². The SMILES string of the molecule is Cc1noc(C)c1C1CCCN(C(=O)OC(C)(C)C)C1C(=O)O. The minimum Gasteiger partial charge on any atom is -0.480 e. The molecule has 1 fully saturated rings. The van der Waals surface area contributed by atoms with Crippen LogP contribution in [-0.4, -0.2) is 45.4 Å². The molecule has 2 rings (SSSR count). The minimum absolute atomic E-state index is 0.347. The third-order valence-electron chi connectivity index (χ3n) is 3.97. The second-order valence-corrected chi connectivity index (χ2v) is 6.94. The van der Waals surface area contributed by atoms with Crippen LogP contribution in [-0.2, 0) is 9.53 Å². The van der Waals surface area contributed by atoms with Crippen LogP contribution in [0.1, 0.15) is 56.5 Å². The van der Waals surface area contributed by atoms with E-state index >= 15 is 0 Å². The molecule has 0 spiro atoms. The number of aliphatic carboxylic acids is 1. The number of likely N-dealkylation sites (tertiary alicyclic amines) is 1. The lowest BCUT2D eigenvalue weighted by atomic mass is 9.82. The van der Waals surface area contributed by atoms with Gasteiger partial charge in [0, 0.05) is 18.0 Å². The molecule has 0 aromatic carbocycles. The van der Waals surface area contributed by atoms with Crippen molar-refractivity contribution < 1.29 is 24.0 Å². The van der Waals surface area contributed by atoms with Crippen molar-refractivity contribution in [2.45, 2.75) is 65.0 Å². The minimum atomic E-state index is -1.04. The Kier molecular flexibility index (Phi) is 4.68. The highest BCUT2D eigenvalue weighted by Crippen LogP contribution is 2.36. The standard InChI is InChI=1S/C16H24N2O5/c1-9-12(10(2)23-17-9)11-7-6-8-18(13(11)14(19)20)15(21)22-16(3,4)5/h11,13H,6-8H2,1-5H3,(H,19,20). The van der Waals surface area contributed by atoms with Gasteiger partial charge >= 0.3 is 12.1 Å². The van der Waals surface area contributed by atoms with Crippen molar-refractivity contribution in [2.24, 2.45) is 0 Å². The van der Waals surface area contributed by atoms with Crippen molar-refractivity contribution in [2.75, 3.05) is 6.54 Å². The first kappa shape index (κ1) is 17.3. The molecule has 0 radical (unpaired) electrons. The van der Waals surface area contributed by atoms with E-state index in [0.29, 0.717) is 30.8 Å². The summed E-state index contributed by atoms with van der Waals surface area (Å²) in [4.78, 5) is 25.6. The number of rotatable bonds is 2. The first-order chi connectivity index (χ1) is 10.6. The van der Waals surface area contributed by atoms with Gasteiger partial charge < -0.3 is 14.4 Å². The van der Waals surface area contributed by atoms with Crippen molar-refractivity contribution in [3.8, 4) is 0 Å². The fourth-order valence-electron chi connectivity index (χ4n) is 3.15. The number of carbonyl (C=O) groups is 2. The van der Waals surface area contributed by atoms with Gasteiger partial charge in [-0.05, 0) is 47.5 Å². The molecule has 0 aliphatic carbocycles. The molecule has 0 saturated carbocycles. The highest BCUT2D eigenvalue weighted by atomic mass is 16.6. The Morgan fingerprint density at radius 1 is 1.35 bits per heavy atom. The van der Waals surface area contributed by atoms with Crippen molar-refractivity contribution in [3.05, 3.63) is 17.0 Å². The molecule has 7 nitrogen and oxygen atoms in total. The number of amides is 1. The Bertz CT molecular complexity index is 583. The Hall–Kier alpha value is -2.05. The van der Waals surface area contributed by atoms with Crippen molar-refractivity contribution in [3.63, 3.8) is 0 Å². The molecule has 1 aromatic heterocycles. The molecule has 2 unspecified atom stereocenters. The molecule has 23 heavy (non-hydrogen) atoms.